The Morgan fingerprint density at radius 1 is 1.19 bits per heavy atom. The van der Waals surface area contributed by atoms with Gasteiger partial charge in [0.05, 0.1) is 23.0 Å². The first-order chi connectivity index (χ1) is 15.5. The van der Waals surface area contributed by atoms with Gasteiger partial charge in [-0.15, -0.1) is 0 Å². The number of piperidine rings is 1. The Bertz CT molecular complexity index is 1080. The van der Waals surface area contributed by atoms with Crippen LogP contribution in [-0.2, 0) is 11.2 Å². The zero-order valence-corrected chi connectivity index (χ0v) is 19.3. The van der Waals surface area contributed by atoms with Crippen LogP contribution in [0.5, 0.6) is 0 Å². The maximum absolute atomic E-state index is 13.3. The van der Waals surface area contributed by atoms with E-state index in [1.807, 2.05) is 62.1 Å². The summed E-state index contributed by atoms with van der Waals surface area (Å²) in [5.41, 5.74) is 4.67. The average Bonchev–Trinajstić information content (AvgIpc) is 3.15. The van der Waals surface area contributed by atoms with Crippen molar-refractivity contribution in [1.29, 1.82) is 0 Å². The van der Waals surface area contributed by atoms with Gasteiger partial charge in [-0.25, -0.2) is 9.97 Å². The molecule has 3 heterocycles. The number of benzene rings is 1. The number of likely N-dealkylation sites (tertiary alicyclic amines) is 1. The number of amides is 1. The molecule has 0 radical (unpaired) electrons. The lowest BCUT2D eigenvalue weighted by atomic mass is 9.94. The standard InChI is InChI=1S/C25H31N5O2/c1-17-18(2)28-32-24(17)20-16-26-25(29(3)4)27-23(20)21-12-8-9-15-30(21)22(31)14-13-19-10-6-5-7-11-19/h5-7,10-11,16,21H,8-9,12-15H2,1-4H3/t21-/m0/s1. The number of aromatic nitrogens is 3. The van der Waals surface area contributed by atoms with Gasteiger partial charge in [-0.05, 0) is 45.1 Å². The van der Waals surface area contributed by atoms with Crippen molar-refractivity contribution in [2.45, 2.75) is 52.0 Å². The molecule has 168 valence electrons. The van der Waals surface area contributed by atoms with Gasteiger partial charge in [-0.2, -0.15) is 0 Å². The minimum absolute atomic E-state index is 0.103. The van der Waals surface area contributed by atoms with Gasteiger partial charge in [0.2, 0.25) is 11.9 Å². The molecular formula is C25H31N5O2. The first-order valence-corrected chi connectivity index (χ1v) is 11.3. The molecule has 0 N–H and O–H groups in total. The predicted molar refractivity (Wildman–Crippen MR) is 124 cm³/mol. The van der Waals surface area contributed by atoms with Gasteiger partial charge in [0.25, 0.3) is 0 Å². The average molecular weight is 434 g/mol. The highest BCUT2D eigenvalue weighted by atomic mass is 16.5. The highest BCUT2D eigenvalue weighted by Gasteiger charge is 2.32. The first-order valence-electron chi connectivity index (χ1n) is 11.3. The molecule has 7 heteroatoms. The quantitative estimate of drug-likeness (QED) is 0.570. The Balaban J connectivity index is 1.68. The van der Waals surface area contributed by atoms with Crippen molar-refractivity contribution in [1.82, 2.24) is 20.0 Å². The van der Waals surface area contributed by atoms with E-state index in [0.29, 0.717) is 18.1 Å². The molecule has 0 unspecified atom stereocenters. The summed E-state index contributed by atoms with van der Waals surface area (Å²) in [5.74, 6) is 1.48. The zero-order chi connectivity index (χ0) is 22.7. The molecular weight excluding hydrogens is 402 g/mol. The number of hydrogen-bond donors (Lipinski definition) is 0. The van der Waals surface area contributed by atoms with Gasteiger partial charge in [0.1, 0.15) is 0 Å². The predicted octanol–water partition coefficient (Wildman–Crippen LogP) is 4.50. The zero-order valence-electron chi connectivity index (χ0n) is 19.3. The van der Waals surface area contributed by atoms with Crippen LogP contribution in [0.1, 0.15) is 54.2 Å². The van der Waals surface area contributed by atoms with E-state index in [4.69, 9.17) is 9.51 Å². The van der Waals surface area contributed by atoms with Crippen molar-refractivity contribution in [2.24, 2.45) is 0 Å². The third-order valence-corrected chi connectivity index (χ3v) is 6.22. The summed E-state index contributed by atoms with van der Waals surface area (Å²) in [5, 5.41) is 4.13. The Morgan fingerprint density at radius 2 is 1.97 bits per heavy atom. The van der Waals surface area contributed by atoms with Crippen LogP contribution in [0.3, 0.4) is 0 Å². The van der Waals surface area contributed by atoms with Crippen LogP contribution < -0.4 is 4.90 Å². The van der Waals surface area contributed by atoms with E-state index in [1.54, 1.807) is 0 Å². The van der Waals surface area contributed by atoms with Crippen LogP contribution in [0, 0.1) is 13.8 Å². The van der Waals surface area contributed by atoms with Crippen molar-refractivity contribution in [3.63, 3.8) is 0 Å². The molecule has 0 aliphatic carbocycles. The Labute approximate surface area is 189 Å². The van der Waals surface area contributed by atoms with E-state index in [9.17, 15) is 4.79 Å². The number of carbonyl (C=O) groups is 1. The molecule has 0 saturated carbocycles. The van der Waals surface area contributed by atoms with Crippen molar-refractivity contribution in [3.05, 3.63) is 59.0 Å². The fourth-order valence-corrected chi connectivity index (χ4v) is 4.25. The van der Waals surface area contributed by atoms with Gasteiger partial charge in [-0.3, -0.25) is 4.79 Å². The SMILES string of the molecule is Cc1noc(-c2cnc(N(C)C)nc2[C@@H]2CCCCN2C(=O)CCc2ccccc2)c1C. The number of hydrogen-bond acceptors (Lipinski definition) is 6. The molecule has 4 rings (SSSR count). The minimum atomic E-state index is -0.103. The van der Waals surface area contributed by atoms with Crippen molar-refractivity contribution >= 4 is 11.9 Å². The monoisotopic (exact) mass is 433 g/mol. The topological polar surface area (TPSA) is 75.4 Å². The summed E-state index contributed by atoms with van der Waals surface area (Å²) in [6.07, 6.45) is 5.98. The molecule has 1 aromatic carbocycles. The summed E-state index contributed by atoms with van der Waals surface area (Å²) >= 11 is 0. The number of carbonyl (C=O) groups excluding carboxylic acids is 1. The molecule has 1 aliphatic rings. The molecule has 32 heavy (non-hydrogen) atoms. The van der Waals surface area contributed by atoms with E-state index >= 15 is 0 Å². The maximum Gasteiger partial charge on any atom is 0.225 e. The second kappa shape index (κ2) is 9.51. The summed E-state index contributed by atoms with van der Waals surface area (Å²) in [4.78, 5) is 26.7. The second-order valence-corrected chi connectivity index (χ2v) is 8.67. The molecule has 1 aliphatic heterocycles. The van der Waals surface area contributed by atoms with Crippen LogP contribution >= 0.6 is 0 Å². The van der Waals surface area contributed by atoms with Gasteiger partial charge in [-0.1, -0.05) is 35.5 Å². The lowest BCUT2D eigenvalue weighted by molar-refractivity contribution is -0.135. The van der Waals surface area contributed by atoms with Gasteiger partial charge >= 0.3 is 0 Å². The summed E-state index contributed by atoms with van der Waals surface area (Å²) in [6.45, 7) is 4.67. The molecule has 0 spiro atoms. The molecule has 3 aromatic rings. The molecule has 1 fully saturated rings. The number of aryl methyl sites for hydroxylation is 2. The van der Waals surface area contributed by atoms with Gasteiger partial charge in [0.15, 0.2) is 5.76 Å². The lowest BCUT2D eigenvalue weighted by Gasteiger charge is -2.36. The highest BCUT2D eigenvalue weighted by Crippen LogP contribution is 2.38. The van der Waals surface area contributed by atoms with E-state index in [1.165, 1.54) is 5.56 Å². The molecule has 7 nitrogen and oxygen atoms in total. The van der Waals surface area contributed by atoms with Crippen LogP contribution in [0.15, 0.2) is 41.1 Å². The Kier molecular flexibility index (Phi) is 6.53. The van der Waals surface area contributed by atoms with E-state index < -0.39 is 0 Å². The maximum atomic E-state index is 13.3. The van der Waals surface area contributed by atoms with Gasteiger partial charge < -0.3 is 14.3 Å². The van der Waals surface area contributed by atoms with Crippen LogP contribution in [-0.4, -0.2) is 46.6 Å². The molecule has 1 saturated heterocycles. The number of rotatable bonds is 6. The van der Waals surface area contributed by atoms with Crippen LogP contribution in [0.4, 0.5) is 5.95 Å². The lowest BCUT2D eigenvalue weighted by Crippen LogP contribution is -2.39. The number of nitrogens with zero attached hydrogens (tertiary/aromatic N) is 5. The van der Waals surface area contributed by atoms with E-state index in [-0.39, 0.29) is 11.9 Å². The molecule has 0 bridgehead atoms. The first kappa shape index (κ1) is 22.0. The fourth-order valence-electron chi connectivity index (χ4n) is 4.25. The van der Waals surface area contributed by atoms with E-state index in [0.717, 1.165) is 54.7 Å². The fraction of sp³-hybridized carbons (Fsp3) is 0.440. The normalized spacial score (nSPS) is 16.2. The third-order valence-electron chi connectivity index (χ3n) is 6.22. The van der Waals surface area contributed by atoms with Gasteiger partial charge in [0, 0.05) is 38.8 Å². The van der Waals surface area contributed by atoms with Crippen molar-refractivity contribution in [3.8, 4) is 11.3 Å². The van der Waals surface area contributed by atoms with Crippen molar-refractivity contribution in [2.75, 3.05) is 25.5 Å². The molecule has 1 atom stereocenters. The summed E-state index contributed by atoms with van der Waals surface area (Å²) in [7, 11) is 3.85. The summed E-state index contributed by atoms with van der Waals surface area (Å²) in [6, 6.07) is 10.1. The highest BCUT2D eigenvalue weighted by molar-refractivity contribution is 5.78. The number of anilines is 1. The third kappa shape index (κ3) is 4.52. The Hall–Kier alpha value is -3.22. The van der Waals surface area contributed by atoms with Crippen LogP contribution in [0.25, 0.3) is 11.3 Å². The van der Waals surface area contributed by atoms with E-state index in [2.05, 4.69) is 22.3 Å². The summed E-state index contributed by atoms with van der Waals surface area (Å²) < 4.78 is 5.67. The Morgan fingerprint density at radius 3 is 2.66 bits per heavy atom. The molecule has 1 amide bonds. The van der Waals surface area contributed by atoms with Crippen molar-refractivity contribution < 1.29 is 9.32 Å². The minimum Gasteiger partial charge on any atom is -0.356 e. The smallest absolute Gasteiger partial charge is 0.225 e. The van der Waals surface area contributed by atoms with Crippen LogP contribution in [0.2, 0.25) is 0 Å². The second-order valence-electron chi connectivity index (χ2n) is 8.67. The molecule has 2 aromatic heterocycles. The largest absolute Gasteiger partial charge is 0.356 e.